The highest BCUT2D eigenvalue weighted by molar-refractivity contribution is 9.10. The molecule has 3 atom stereocenters. The van der Waals surface area contributed by atoms with Crippen molar-refractivity contribution < 1.29 is 14.4 Å². The Morgan fingerprint density at radius 2 is 1.85 bits per heavy atom. The Morgan fingerprint density at radius 3 is 2.54 bits per heavy atom. The highest BCUT2D eigenvalue weighted by atomic mass is 79.9. The molecule has 0 bridgehead atoms. The van der Waals surface area contributed by atoms with Gasteiger partial charge in [-0.2, -0.15) is 0 Å². The van der Waals surface area contributed by atoms with Crippen LogP contribution in [-0.2, 0) is 16.1 Å². The quantitative estimate of drug-likeness (QED) is 0.227. The van der Waals surface area contributed by atoms with Crippen molar-refractivity contribution in [3.8, 4) is 11.1 Å². The van der Waals surface area contributed by atoms with Crippen LogP contribution in [0.1, 0.15) is 54.9 Å². The summed E-state index contributed by atoms with van der Waals surface area (Å²) in [5.41, 5.74) is 3.82. The van der Waals surface area contributed by atoms with Gasteiger partial charge in [-0.1, -0.05) is 19.1 Å². The second kappa shape index (κ2) is 10.2. The molecule has 0 unspecified atom stereocenters. The predicted octanol–water partition coefficient (Wildman–Crippen LogP) is 5.48. The number of nitrogens with one attached hydrogen (secondary N) is 1. The summed E-state index contributed by atoms with van der Waals surface area (Å²) in [7, 11) is 0. The minimum absolute atomic E-state index is 0.00422. The topological polar surface area (TPSA) is 110 Å². The molecule has 4 aromatic rings. The van der Waals surface area contributed by atoms with Crippen molar-refractivity contribution in [2.24, 2.45) is 5.41 Å². The molecule has 0 radical (unpaired) electrons. The Bertz CT molecular complexity index is 1720. The first-order valence-corrected chi connectivity index (χ1v) is 14.5. The number of anilines is 1. The van der Waals surface area contributed by atoms with Gasteiger partial charge >= 0.3 is 0 Å². The molecule has 1 N–H and O–H groups in total. The summed E-state index contributed by atoms with van der Waals surface area (Å²) in [5.74, 6) is 0.720. The van der Waals surface area contributed by atoms with Gasteiger partial charge in [0.05, 0.1) is 0 Å². The van der Waals surface area contributed by atoms with Crippen molar-refractivity contribution in [1.29, 1.82) is 0 Å². The Morgan fingerprint density at radius 1 is 1.10 bits per heavy atom. The summed E-state index contributed by atoms with van der Waals surface area (Å²) >= 11 is 3.37. The molecule has 210 valence electrons. The Labute approximate surface area is 246 Å². The number of rotatable bonds is 6. The molecule has 2 aliphatic rings. The van der Waals surface area contributed by atoms with Gasteiger partial charge in [-0.3, -0.25) is 14.4 Å². The number of nitrogens with zero attached hydrogens (tertiary/aromatic N) is 5. The SMILES string of the molecule is CC(=O)c1cn(CC(=O)N2[C@H](C(=O)Nc3nc(Br)ccc3C)C[C@@]3(C)CC[C@@H]23)c2ccc(-c3cnc(C)nc3)cc12. The van der Waals surface area contributed by atoms with Gasteiger partial charge in [-0.15, -0.1) is 0 Å². The lowest BCUT2D eigenvalue weighted by atomic mass is 9.66. The summed E-state index contributed by atoms with van der Waals surface area (Å²) in [6.45, 7) is 7.44. The molecule has 10 heteroatoms. The van der Waals surface area contributed by atoms with Crippen molar-refractivity contribution in [1.82, 2.24) is 24.4 Å². The molecule has 1 aromatic carbocycles. The number of likely N-dealkylation sites (tertiary alicyclic amines) is 1. The molecule has 3 aromatic heterocycles. The number of halogens is 1. The van der Waals surface area contributed by atoms with Gasteiger partial charge in [-0.05, 0) is 90.7 Å². The van der Waals surface area contributed by atoms with Crippen molar-refractivity contribution in [3.63, 3.8) is 0 Å². The molecule has 1 saturated heterocycles. The number of fused-ring (bicyclic) bond motifs is 2. The lowest BCUT2D eigenvalue weighted by molar-refractivity contribution is -0.141. The third kappa shape index (κ3) is 4.84. The van der Waals surface area contributed by atoms with E-state index in [0.717, 1.165) is 40.4 Å². The lowest BCUT2D eigenvalue weighted by Gasteiger charge is -2.44. The van der Waals surface area contributed by atoms with Crippen molar-refractivity contribution in [3.05, 3.63) is 70.5 Å². The van der Waals surface area contributed by atoms with Crippen LogP contribution in [0.5, 0.6) is 0 Å². The number of carbonyl (C=O) groups is 3. The molecule has 4 heterocycles. The number of hydrogen-bond donors (Lipinski definition) is 1. The minimum Gasteiger partial charge on any atom is -0.337 e. The van der Waals surface area contributed by atoms with Gasteiger partial charge in [0.1, 0.15) is 28.8 Å². The molecular weight excluding hydrogens is 584 g/mol. The highest BCUT2D eigenvalue weighted by Gasteiger charge is 2.58. The molecule has 2 amide bonds. The zero-order valence-electron chi connectivity index (χ0n) is 23.4. The van der Waals surface area contributed by atoms with Crippen LogP contribution < -0.4 is 5.32 Å². The lowest BCUT2D eigenvalue weighted by Crippen LogP contribution is -2.52. The first-order chi connectivity index (χ1) is 19.5. The number of hydrogen-bond acceptors (Lipinski definition) is 6. The van der Waals surface area contributed by atoms with Crippen LogP contribution in [0.3, 0.4) is 0 Å². The predicted molar refractivity (Wildman–Crippen MR) is 159 cm³/mol. The molecule has 41 heavy (non-hydrogen) atoms. The zero-order valence-corrected chi connectivity index (χ0v) is 25.0. The number of amides is 2. The summed E-state index contributed by atoms with van der Waals surface area (Å²) < 4.78 is 2.45. The summed E-state index contributed by atoms with van der Waals surface area (Å²) in [4.78, 5) is 55.0. The fourth-order valence-corrected chi connectivity index (χ4v) is 6.60. The molecule has 1 saturated carbocycles. The molecule has 1 aliphatic carbocycles. The minimum atomic E-state index is -0.595. The number of aromatic nitrogens is 4. The first kappa shape index (κ1) is 27.3. The average molecular weight is 616 g/mol. The van der Waals surface area contributed by atoms with E-state index in [1.54, 1.807) is 23.5 Å². The van der Waals surface area contributed by atoms with E-state index in [-0.39, 0.29) is 35.6 Å². The smallest absolute Gasteiger partial charge is 0.248 e. The summed E-state index contributed by atoms with van der Waals surface area (Å²) in [6.07, 6.45) is 7.72. The number of aryl methyl sites for hydroxylation is 2. The van der Waals surface area contributed by atoms with E-state index in [0.29, 0.717) is 28.2 Å². The van der Waals surface area contributed by atoms with Gasteiger partial charge in [0.25, 0.3) is 0 Å². The van der Waals surface area contributed by atoms with Crippen LogP contribution in [0, 0.1) is 19.3 Å². The maximum atomic E-state index is 14.0. The molecule has 2 fully saturated rings. The van der Waals surface area contributed by atoms with E-state index in [1.807, 2.05) is 48.7 Å². The maximum Gasteiger partial charge on any atom is 0.248 e. The van der Waals surface area contributed by atoms with Crippen LogP contribution in [-0.4, -0.2) is 54.1 Å². The van der Waals surface area contributed by atoms with Crippen molar-refractivity contribution in [2.45, 2.75) is 65.6 Å². The van der Waals surface area contributed by atoms with Gasteiger partial charge in [-0.25, -0.2) is 15.0 Å². The molecule has 1 aliphatic heterocycles. The van der Waals surface area contributed by atoms with E-state index in [4.69, 9.17) is 0 Å². The van der Waals surface area contributed by atoms with Crippen LogP contribution in [0.2, 0.25) is 0 Å². The summed E-state index contributed by atoms with van der Waals surface area (Å²) in [6, 6.07) is 8.94. The largest absolute Gasteiger partial charge is 0.337 e. The Kier molecular flexibility index (Phi) is 6.76. The van der Waals surface area contributed by atoms with Gasteiger partial charge < -0.3 is 14.8 Å². The summed E-state index contributed by atoms with van der Waals surface area (Å²) in [5, 5.41) is 3.73. The van der Waals surface area contributed by atoms with Gasteiger partial charge in [0.15, 0.2) is 5.78 Å². The van der Waals surface area contributed by atoms with Crippen LogP contribution in [0.25, 0.3) is 22.0 Å². The van der Waals surface area contributed by atoms with E-state index in [9.17, 15) is 14.4 Å². The van der Waals surface area contributed by atoms with E-state index < -0.39 is 6.04 Å². The maximum absolute atomic E-state index is 14.0. The molecule has 6 rings (SSSR count). The van der Waals surface area contributed by atoms with Crippen LogP contribution in [0.15, 0.2) is 53.5 Å². The van der Waals surface area contributed by atoms with Gasteiger partial charge in [0.2, 0.25) is 11.8 Å². The number of benzene rings is 1. The van der Waals surface area contributed by atoms with Crippen molar-refractivity contribution in [2.75, 3.05) is 5.32 Å². The number of carbonyl (C=O) groups excluding carboxylic acids is 3. The fourth-order valence-electron chi connectivity index (χ4n) is 6.29. The normalized spacial score (nSPS) is 21.4. The first-order valence-electron chi connectivity index (χ1n) is 13.7. The van der Waals surface area contributed by atoms with E-state index in [1.165, 1.54) is 6.92 Å². The molecule has 0 spiro atoms. The number of ketones is 1. The number of Topliss-reactive ketones (excluding diaryl/α,β-unsaturated/α-hetero) is 1. The average Bonchev–Trinajstić information content (AvgIpc) is 3.39. The Balaban J connectivity index is 1.31. The molecular formula is C31H31BrN6O3. The Hall–Kier alpha value is -3.92. The van der Waals surface area contributed by atoms with Crippen molar-refractivity contribution >= 4 is 50.2 Å². The number of pyridine rings is 1. The third-order valence-electron chi connectivity index (χ3n) is 8.70. The standard InChI is InChI=1S/C31H31BrN6O3/c1-17-5-8-27(32)35-29(17)36-30(41)25-12-31(4)10-9-26(31)38(25)28(40)16-37-15-23(18(2)39)22-11-20(6-7-24(22)37)21-13-33-19(3)34-14-21/h5-8,11,13-15,25-26H,9-10,12,16H2,1-4H3,(H,35,36,41)/t25-,26+,31+/m0/s1. The van der Waals surface area contributed by atoms with Crippen LogP contribution in [0.4, 0.5) is 5.82 Å². The highest BCUT2D eigenvalue weighted by Crippen LogP contribution is 2.54. The van der Waals surface area contributed by atoms with Crippen LogP contribution >= 0.6 is 15.9 Å². The van der Waals surface area contributed by atoms with Gasteiger partial charge in [0, 0.05) is 46.7 Å². The van der Waals surface area contributed by atoms with E-state index >= 15 is 0 Å². The monoisotopic (exact) mass is 614 g/mol. The second-order valence-corrected chi connectivity index (χ2v) is 12.3. The molecule has 9 nitrogen and oxygen atoms in total. The fraction of sp³-hybridized carbons (Fsp3) is 0.355. The van der Waals surface area contributed by atoms with E-state index in [2.05, 4.69) is 43.1 Å². The second-order valence-electron chi connectivity index (χ2n) is 11.5. The third-order valence-corrected chi connectivity index (χ3v) is 9.14. The zero-order chi connectivity index (χ0) is 29.1.